The molecule has 2 heterocycles. The van der Waals surface area contributed by atoms with Crippen molar-refractivity contribution in [2.45, 2.75) is 33.1 Å². The van der Waals surface area contributed by atoms with Gasteiger partial charge in [0.05, 0.1) is 12.7 Å². The molecule has 0 radical (unpaired) electrons. The Labute approximate surface area is 150 Å². The Hall–Kier alpha value is -1.52. The molecule has 1 saturated heterocycles. The number of furan rings is 1. The third-order valence-electron chi connectivity index (χ3n) is 5.05. The number of fused-ring (bicyclic) bond motifs is 1. The van der Waals surface area contributed by atoms with Crippen LogP contribution in [0.3, 0.4) is 0 Å². The van der Waals surface area contributed by atoms with Crippen LogP contribution < -0.4 is 5.32 Å². The van der Waals surface area contributed by atoms with Crippen molar-refractivity contribution in [1.82, 2.24) is 10.2 Å². The van der Waals surface area contributed by atoms with Crippen molar-refractivity contribution in [2.75, 3.05) is 26.7 Å². The van der Waals surface area contributed by atoms with Gasteiger partial charge in [-0.25, -0.2) is 0 Å². The molecule has 0 saturated carbocycles. The number of carbonyl (C=O) groups excluding carboxylic acids is 1. The molecule has 2 aromatic rings. The van der Waals surface area contributed by atoms with Gasteiger partial charge in [0.1, 0.15) is 5.58 Å². The Bertz CT molecular complexity index is 709. The van der Waals surface area contributed by atoms with Crippen LogP contribution in [0.25, 0.3) is 11.0 Å². The minimum atomic E-state index is 0. The summed E-state index contributed by atoms with van der Waals surface area (Å²) in [6.07, 6.45) is 4.49. The maximum absolute atomic E-state index is 12.7. The lowest BCUT2D eigenvalue weighted by molar-refractivity contribution is -0.132. The number of amides is 1. The smallest absolute Gasteiger partial charge is 0.227 e. The summed E-state index contributed by atoms with van der Waals surface area (Å²) in [5, 5.41) is 4.30. The number of likely N-dealkylation sites (tertiary alicyclic amines) is 1. The van der Waals surface area contributed by atoms with Gasteiger partial charge in [-0.1, -0.05) is 12.1 Å². The summed E-state index contributed by atoms with van der Waals surface area (Å²) in [4.78, 5) is 14.7. The van der Waals surface area contributed by atoms with Gasteiger partial charge in [0, 0.05) is 24.0 Å². The second-order valence-corrected chi connectivity index (χ2v) is 6.73. The van der Waals surface area contributed by atoms with Gasteiger partial charge in [0.25, 0.3) is 0 Å². The number of aryl methyl sites for hydroxylation is 2. The molecule has 4 nitrogen and oxygen atoms in total. The van der Waals surface area contributed by atoms with Crippen molar-refractivity contribution in [1.29, 1.82) is 0 Å². The molecule has 0 aliphatic carbocycles. The van der Waals surface area contributed by atoms with Crippen LogP contribution in [0.2, 0.25) is 0 Å². The third kappa shape index (κ3) is 3.76. The summed E-state index contributed by atoms with van der Waals surface area (Å²) in [5.41, 5.74) is 4.30. The molecule has 1 aromatic heterocycles. The molecule has 0 bridgehead atoms. The summed E-state index contributed by atoms with van der Waals surface area (Å²) in [5.74, 6) is 0.787. The van der Waals surface area contributed by atoms with E-state index in [0.717, 1.165) is 48.2 Å². The van der Waals surface area contributed by atoms with E-state index in [-0.39, 0.29) is 18.3 Å². The Kier molecular flexibility index (Phi) is 6.30. The van der Waals surface area contributed by atoms with Crippen LogP contribution in [0.1, 0.15) is 29.5 Å². The zero-order valence-electron chi connectivity index (χ0n) is 14.7. The van der Waals surface area contributed by atoms with Crippen molar-refractivity contribution in [3.8, 4) is 0 Å². The van der Waals surface area contributed by atoms with E-state index in [0.29, 0.717) is 12.3 Å². The standard InChI is InChI=1S/C19H26N2O2.ClH/c1-13-6-7-17-16(12-23-19(17)14(13)2)9-18(22)21-8-4-5-15(11-21)10-20-3;/h6-7,12,15,20H,4-5,8-11H2,1-3H3;1H. The predicted molar refractivity (Wildman–Crippen MR) is 99.9 cm³/mol. The Morgan fingerprint density at radius 2 is 2.17 bits per heavy atom. The van der Waals surface area contributed by atoms with Crippen LogP contribution in [0.15, 0.2) is 22.8 Å². The molecule has 1 aliphatic rings. The van der Waals surface area contributed by atoms with E-state index in [4.69, 9.17) is 4.42 Å². The molecule has 132 valence electrons. The highest BCUT2D eigenvalue weighted by Crippen LogP contribution is 2.27. The van der Waals surface area contributed by atoms with Crippen LogP contribution in [-0.4, -0.2) is 37.5 Å². The number of nitrogens with zero attached hydrogens (tertiary/aromatic N) is 1. The molecule has 0 spiro atoms. The Morgan fingerprint density at radius 1 is 1.38 bits per heavy atom. The number of benzene rings is 1. The molecule has 3 rings (SSSR count). The number of rotatable bonds is 4. The van der Waals surface area contributed by atoms with E-state index >= 15 is 0 Å². The quantitative estimate of drug-likeness (QED) is 0.918. The van der Waals surface area contributed by atoms with Crippen LogP contribution >= 0.6 is 12.4 Å². The number of piperidine rings is 1. The Balaban J connectivity index is 0.00000208. The first-order valence-corrected chi connectivity index (χ1v) is 8.48. The predicted octanol–water partition coefficient (Wildman–Crippen LogP) is 3.47. The first-order chi connectivity index (χ1) is 11.1. The first kappa shape index (κ1) is 18.8. The minimum absolute atomic E-state index is 0. The SMILES string of the molecule is CNCC1CCCN(C(=O)Cc2coc3c(C)c(C)ccc23)C1.Cl. The van der Waals surface area contributed by atoms with Crippen LogP contribution in [0.5, 0.6) is 0 Å². The fourth-order valence-corrected chi connectivity index (χ4v) is 3.55. The lowest BCUT2D eigenvalue weighted by Crippen LogP contribution is -2.43. The summed E-state index contributed by atoms with van der Waals surface area (Å²) in [6, 6.07) is 4.18. The highest BCUT2D eigenvalue weighted by atomic mass is 35.5. The third-order valence-corrected chi connectivity index (χ3v) is 5.05. The zero-order valence-corrected chi connectivity index (χ0v) is 15.5. The van der Waals surface area contributed by atoms with Crippen molar-refractivity contribution in [3.63, 3.8) is 0 Å². The summed E-state index contributed by atoms with van der Waals surface area (Å²) < 4.78 is 5.73. The fraction of sp³-hybridized carbons (Fsp3) is 0.526. The minimum Gasteiger partial charge on any atom is -0.464 e. The van der Waals surface area contributed by atoms with Gasteiger partial charge in [-0.2, -0.15) is 0 Å². The van der Waals surface area contributed by atoms with E-state index in [2.05, 4.69) is 31.3 Å². The molecule has 24 heavy (non-hydrogen) atoms. The molecule has 1 amide bonds. The molecular weight excluding hydrogens is 324 g/mol. The molecular formula is C19H27ClN2O2. The molecule has 1 aromatic carbocycles. The van der Waals surface area contributed by atoms with E-state index in [9.17, 15) is 4.79 Å². The first-order valence-electron chi connectivity index (χ1n) is 8.48. The summed E-state index contributed by atoms with van der Waals surface area (Å²) in [6.45, 7) is 6.88. The molecule has 1 unspecified atom stereocenters. The summed E-state index contributed by atoms with van der Waals surface area (Å²) in [7, 11) is 1.97. The molecule has 1 fully saturated rings. The second kappa shape index (κ2) is 8.04. The van der Waals surface area contributed by atoms with Gasteiger partial charge in [-0.05, 0) is 57.3 Å². The summed E-state index contributed by atoms with van der Waals surface area (Å²) >= 11 is 0. The van der Waals surface area contributed by atoms with Crippen molar-refractivity contribution in [2.24, 2.45) is 5.92 Å². The van der Waals surface area contributed by atoms with E-state index in [1.807, 2.05) is 11.9 Å². The van der Waals surface area contributed by atoms with Gasteiger partial charge >= 0.3 is 0 Å². The monoisotopic (exact) mass is 350 g/mol. The number of hydrogen-bond donors (Lipinski definition) is 1. The van der Waals surface area contributed by atoms with Crippen molar-refractivity contribution < 1.29 is 9.21 Å². The lowest BCUT2D eigenvalue weighted by atomic mass is 9.97. The van der Waals surface area contributed by atoms with Gasteiger partial charge in [0.15, 0.2) is 0 Å². The number of hydrogen-bond acceptors (Lipinski definition) is 3. The number of carbonyl (C=O) groups is 1. The van der Waals surface area contributed by atoms with Crippen molar-refractivity contribution in [3.05, 3.63) is 35.1 Å². The van der Waals surface area contributed by atoms with Crippen LogP contribution in [0.4, 0.5) is 0 Å². The van der Waals surface area contributed by atoms with Gasteiger partial charge in [-0.15, -0.1) is 12.4 Å². The highest BCUT2D eigenvalue weighted by molar-refractivity contribution is 5.89. The number of halogens is 1. The lowest BCUT2D eigenvalue weighted by Gasteiger charge is -2.32. The molecule has 1 atom stereocenters. The second-order valence-electron chi connectivity index (χ2n) is 6.73. The largest absolute Gasteiger partial charge is 0.464 e. The van der Waals surface area contributed by atoms with Gasteiger partial charge in [-0.3, -0.25) is 4.79 Å². The molecule has 1 aliphatic heterocycles. The van der Waals surface area contributed by atoms with Gasteiger partial charge in [0.2, 0.25) is 5.91 Å². The van der Waals surface area contributed by atoms with E-state index in [1.165, 1.54) is 12.0 Å². The van der Waals surface area contributed by atoms with Crippen molar-refractivity contribution >= 4 is 29.3 Å². The highest BCUT2D eigenvalue weighted by Gasteiger charge is 2.24. The maximum Gasteiger partial charge on any atom is 0.227 e. The van der Waals surface area contributed by atoms with E-state index in [1.54, 1.807) is 6.26 Å². The zero-order chi connectivity index (χ0) is 16.4. The van der Waals surface area contributed by atoms with Crippen LogP contribution in [-0.2, 0) is 11.2 Å². The Morgan fingerprint density at radius 3 is 2.92 bits per heavy atom. The number of nitrogens with one attached hydrogen (secondary N) is 1. The fourth-order valence-electron chi connectivity index (χ4n) is 3.55. The van der Waals surface area contributed by atoms with E-state index < -0.39 is 0 Å². The van der Waals surface area contributed by atoms with Crippen LogP contribution in [0, 0.1) is 19.8 Å². The molecule has 1 N–H and O–H groups in total. The average Bonchev–Trinajstić information content (AvgIpc) is 2.95. The average molecular weight is 351 g/mol. The molecule has 5 heteroatoms. The normalized spacial score (nSPS) is 17.8. The van der Waals surface area contributed by atoms with Gasteiger partial charge < -0.3 is 14.6 Å². The topological polar surface area (TPSA) is 45.5 Å². The maximum atomic E-state index is 12.7.